The second kappa shape index (κ2) is 3.78. The van der Waals surface area contributed by atoms with Crippen molar-refractivity contribution in [1.82, 2.24) is 0 Å². The van der Waals surface area contributed by atoms with E-state index in [1.165, 1.54) is 0 Å². The van der Waals surface area contributed by atoms with Gasteiger partial charge in [-0.15, -0.1) is 0 Å². The zero-order valence-electron chi connectivity index (χ0n) is 8.40. The summed E-state index contributed by atoms with van der Waals surface area (Å²) in [7, 11) is -3.16. The van der Waals surface area contributed by atoms with Crippen LogP contribution in [0.1, 0.15) is 26.7 Å². The van der Waals surface area contributed by atoms with Crippen LogP contribution in [-0.4, -0.2) is 20.9 Å². The molecule has 0 aromatic rings. The van der Waals surface area contributed by atoms with Crippen LogP contribution in [0.25, 0.3) is 0 Å². The van der Waals surface area contributed by atoms with Gasteiger partial charge in [-0.1, -0.05) is 13.8 Å². The minimum absolute atomic E-state index is 0.391. The van der Waals surface area contributed by atoms with Crippen molar-refractivity contribution in [2.75, 3.05) is 6.26 Å². The number of sulfonamides is 1. The molecule has 13 heavy (non-hydrogen) atoms. The maximum atomic E-state index is 10.7. The second-order valence-corrected chi connectivity index (χ2v) is 5.90. The highest BCUT2D eigenvalue weighted by Gasteiger charge is 2.29. The van der Waals surface area contributed by atoms with Crippen LogP contribution in [-0.2, 0) is 10.0 Å². The van der Waals surface area contributed by atoms with Gasteiger partial charge in [0.25, 0.3) is 0 Å². The molecule has 1 aliphatic carbocycles. The fraction of sp³-hybridized carbons (Fsp3) is 0.889. The van der Waals surface area contributed by atoms with E-state index < -0.39 is 10.0 Å². The first kappa shape index (κ1) is 10.7. The Morgan fingerprint density at radius 3 is 2.31 bits per heavy atom. The maximum Gasteiger partial charge on any atom is 0.249 e. The van der Waals surface area contributed by atoms with Crippen LogP contribution in [0, 0.1) is 17.8 Å². The molecule has 0 unspecified atom stereocenters. The van der Waals surface area contributed by atoms with Crippen molar-refractivity contribution in [1.29, 1.82) is 0 Å². The van der Waals surface area contributed by atoms with Gasteiger partial charge in [0.05, 0.1) is 6.26 Å². The first-order valence-electron chi connectivity index (χ1n) is 4.64. The lowest BCUT2D eigenvalue weighted by Gasteiger charge is -2.35. The van der Waals surface area contributed by atoms with E-state index in [9.17, 15) is 8.42 Å². The molecule has 0 aromatic heterocycles. The van der Waals surface area contributed by atoms with E-state index in [-0.39, 0.29) is 0 Å². The molecule has 0 heterocycles. The Kier molecular flexibility index (Phi) is 3.11. The normalized spacial score (nSPS) is 29.5. The van der Waals surface area contributed by atoms with Crippen LogP contribution >= 0.6 is 0 Å². The summed E-state index contributed by atoms with van der Waals surface area (Å²) in [6, 6.07) is 0. The van der Waals surface area contributed by atoms with Gasteiger partial charge >= 0.3 is 0 Å². The monoisotopic (exact) mass is 203 g/mol. The Labute approximate surface area is 80.3 Å². The van der Waals surface area contributed by atoms with Crippen LogP contribution < -0.4 is 0 Å². The van der Waals surface area contributed by atoms with Crippen molar-refractivity contribution >= 4 is 16.2 Å². The highest BCUT2D eigenvalue weighted by atomic mass is 32.2. The molecule has 0 saturated heterocycles. The number of rotatable bonds is 3. The molecule has 1 saturated carbocycles. The summed E-state index contributed by atoms with van der Waals surface area (Å²) < 4.78 is 24.9. The van der Waals surface area contributed by atoms with Crippen LogP contribution in [0.3, 0.4) is 0 Å². The van der Waals surface area contributed by atoms with Gasteiger partial charge in [-0.25, -0.2) is 8.42 Å². The highest BCUT2D eigenvalue weighted by molar-refractivity contribution is 7.89. The molecule has 0 N–H and O–H groups in total. The Hall–Kier alpha value is -0.380. The molecule has 0 bridgehead atoms. The van der Waals surface area contributed by atoms with Crippen LogP contribution in [0.2, 0.25) is 0 Å². The maximum absolute atomic E-state index is 10.7. The molecular weight excluding hydrogens is 186 g/mol. The van der Waals surface area contributed by atoms with Gasteiger partial charge < -0.3 is 0 Å². The van der Waals surface area contributed by atoms with Crippen molar-refractivity contribution < 1.29 is 8.42 Å². The topological polar surface area (TPSA) is 46.5 Å². The molecule has 0 aromatic carbocycles. The van der Waals surface area contributed by atoms with E-state index in [0.29, 0.717) is 11.8 Å². The summed E-state index contributed by atoms with van der Waals surface area (Å²) in [6.45, 7) is 4.41. The summed E-state index contributed by atoms with van der Waals surface area (Å²) in [6.07, 6.45) is 4.91. The summed E-state index contributed by atoms with van der Waals surface area (Å²) in [5.41, 5.74) is 0. The second-order valence-electron chi connectivity index (χ2n) is 4.22. The van der Waals surface area contributed by atoms with Gasteiger partial charge in [-0.2, -0.15) is 4.40 Å². The fourth-order valence-electron chi connectivity index (χ4n) is 1.57. The highest BCUT2D eigenvalue weighted by Crippen LogP contribution is 2.37. The Morgan fingerprint density at radius 1 is 1.38 bits per heavy atom. The first-order valence-corrected chi connectivity index (χ1v) is 6.49. The van der Waals surface area contributed by atoms with Gasteiger partial charge in [0.15, 0.2) is 0 Å². The Bertz CT molecular complexity index is 287. The van der Waals surface area contributed by atoms with Crippen LogP contribution in [0.15, 0.2) is 4.40 Å². The van der Waals surface area contributed by atoms with Crippen molar-refractivity contribution in [2.24, 2.45) is 22.2 Å². The van der Waals surface area contributed by atoms with Gasteiger partial charge in [0.2, 0.25) is 10.0 Å². The molecular formula is C9H17NO2S. The molecule has 0 atom stereocenters. The predicted octanol–water partition coefficient (Wildman–Crippen LogP) is 1.70. The van der Waals surface area contributed by atoms with Crippen molar-refractivity contribution in [3.8, 4) is 0 Å². The Morgan fingerprint density at radius 2 is 1.92 bits per heavy atom. The first-order chi connectivity index (χ1) is 5.88. The van der Waals surface area contributed by atoms with Crippen LogP contribution in [0.5, 0.6) is 0 Å². The number of hydrogen-bond donors (Lipinski definition) is 0. The quantitative estimate of drug-likeness (QED) is 0.655. The zero-order valence-corrected chi connectivity index (χ0v) is 9.21. The van der Waals surface area contributed by atoms with Crippen molar-refractivity contribution in [2.45, 2.75) is 26.7 Å². The number of hydrogen-bond acceptors (Lipinski definition) is 2. The van der Waals surface area contributed by atoms with Crippen molar-refractivity contribution in [3.05, 3.63) is 0 Å². The standard InChI is InChI=1S/C9H17NO2S/c1-7(2)9-4-8(5-9)6-10-13(3,11)12/h6-9H,4-5H2,1-3H3. The van der Waals surface area contributed by atoms with E-state index in [1.54, 1.807) is 6.21 Å². The molecule has 76 valence electrons. The average Bonchev–Trinajstić information content (AvgIpc) is 1.79. The lowest BCUT2D eigenvalue weighted by Crippen LogP contribution is -2.28. The van der Waals surface area contributed by atoms with Gasteiger partial charge in [0, 0.05) is 6.21 Å². The van der Waals surface area contributed by atoms with Gasteiger partial charge in [-0.05, 0) is 30.6 Å². The summed E-state index contributed by atoms with van der Waals surface area (Å²) in [5.74, 6) is 1.86. The van der Waals surface area contributed by atoms with Gasteiger partial charge in [-0.3, -0.25) is 0 Å². The Balaban J connectivity index is 2.34. The largest absolute Gasteiger partial charge is 0.249 e. The number of nitrogens with zero attached hydrogens (tertiary/aromatic N) is 1. The molecule has 0 amide bonds. The van der Waals surface area contributed by atoms with E-state index in [0.717, 1.165) is 25.0 Å². The SMILES string of the molecule is CC(C)C1CC(C=NS(C)(=O)=O)C1. The third-order valence-electron chi connectivity index (χ3n) is 2.62. The molecule has 1 fully saturated rings. The summed E-state index contributed by atoms with van der Waals surface area (Å²) >= 11 is 0. The van der Waals surface area contributed by atoms with Gasteiger partial charge in [0.1, 0.15) is 0 Å². The lowest BCUT2D eigenvalue weighted by atomic mass is 9.70. The molecule has 1 rings (SSSR count). The summed E-state index contributed by atoms with van der Waals surface area (Å²) in [5, 5.41) is 0. The lowest BCUT2D eigenvalue weighted by molar-refractivity contribution is 0.194. The van der Waals surface area contributed by atoms with E-state index in [2.05, 4.69) is 18.2 Å². The molecule has 0 spiro atoms. The summed E-state index contributed by atoms with van der Waals surface area (Å²) in [4.78, 5) is 0. The van der Waals surface area contributed by atoms with E-state index >= 15 is 0 Å². The molecule has 0 aliphatic heterocycles. The minimum atomic E-state index is -3.16. The third-order valence-corrected chi connectivity index (χ3v) is 3.12. The molecule has 0 radical (unpaired) electrons. The third kappa shape index (κ3) is 3.46. The predicted molar refractivity (Wildman–Crippen MR) is 54.4 cm³/mol. The molecule has 1 aliphatic rings. The zero-order chi connectivity index (χ0) is 10.1. The molecule has 4 heteroatoms. The molecule has 3 nitrogen and oxygen atoms in total. The smallest absolute Gasteiger partial charge is 0.205 e. The minimum Gasteiger partial charge on any atom is -0.205 e. The fourth-order valence-corrected chi connectivity index (χ4v) is 1.96. The van der Waals surface area contributed by atoms with E-state index in [4.69, 9.17) is 0 Å². The van der Waals surface area contributed by atoms with Crippen LogP contribution in [0.4, 0.5) is 0 Å². The van der Waals surface area contributed by atoms with E-state index in [1.807, 2.05) is 0 Å². The van der Waals surface area contributed by atoms with Crippen molar-refractivity contribution in [3.63, 3.8) is 0 Å². The average molecular weight is 203 g/mol.